The van der Waals surface area contributed by atoms with E-state index >= 15 is 0 Å². The topological polar surface area (TPSA) is 49.4 Å². The van der Waals surface area contributed by atoms with E-state index in [-0.39, 0.29) is 0 Å². The van der Waals surface area contributed by atoms with E-state index in [1.54, 1.807) is 7.11 Å². The number of nitrogen functional groups attached to an aromatic ring is 1. The van der Waals surface area contributed by atoms with Crippen molar-refractivity contribution in [2.45, 2.75) is 25.3 Å². The highest BCUT2D eigenvalue weighted by Gasteiger charge is 2.24. The lowest BCUT2D eigenvalue weighted by Crippen LogP contribution is -2.17. The van der Waals surface area contributed by atoms with Gasteiger partial charge in [0.15, 0.2) is 0 Å². The lowest BCUT2D eigenvalue weighted by atomic mass is 9.92. The summed E-state index contributed by atoms with van der Waals surface area (Å²) in [5.41, 5.74) is 10.4. The second-order valence-corrected chi connectivity index (χ2v) is 6.67. The van der Waals surface area contributed by atoms with Gasteiger partial charge < -0.3 is 19.8 Å². The number of methoxy groups -OCH3 is 1. The fraction of sp³-hybridized carbons (Fsp3) is 0.333. The highest BCUT2D eigenvalue weighted by Crippen LogP contribution is 2.40. The van der Waals surface area contributed by atoms with Crippen molar-refractivity contribution in [3.05, 3.63) is 48.5 Å². The van der Waals surface area contributed by atoms with Crippen molar-refractivity contribution in [2.24, 2.45) is 0 Å². The SMILES string of the molecule is COCCOc1ccc2cc(-c3ccc(N)cc3)n(C3CCC3)c2c1. The van der Waals surface area contributed by atoms with Crippen molar-refractivity contribution in [3.8, 4) is 17.0 Å². The number of anilines is 1. The molecule has 1 saturated carbocycles. The van der Waals surface area contributed by atoms with Crippen molar-refractivity contribution < 1.29 is 9.47 Å². The van der Waals surface area contributed by atoms with Gasteiger partial charge in [-0.15, -0.1) is 0 Å². The molecule has 4 nitrogen and oxygen atoms in total. The highest BCUT2D eigenvalue weighted by atomic mass is 16.5. The molecule has 1 aromatic heterocycles. The molecular weight excluding hydrogens is 312 g/mol. The number of ether oxygens (including phenoxy) is 2. The van der Waals surface area contributed by atoms with Crippen LogP contribution in [0.5, 0.6) is 5.75 Å². The molecule has 0 radical (unpaired) electrons. The first-order chi connectivity index (χ1) is 12.3. The molecule has 4 rings (SSSR count). The fourth-order valence-electron chi connectivity index (χ4n) is 3.45. The van der Waals surface area contributed by atoms with Gasteiger partial charge in [0, 0.05) is 36.0 Å². The molecule has 0 amide bonds. The number of aromatic nitrogens is 1. The molecule has 4 heteroatoms. The molecule has 130 valence electrons. The Balaban J connectivity index is 1.78. The summed E-state index contributed by atoms with van der Waals surface area (Å²) < 4.78 is 13.4. The second kappa shape index (κ2) is 6.81. The average molecular weight is 336 g/mol. The summed E-state index contributed by atoms with van der Waals surface area (Å²) >= 11 is 0. The normalized spacial score (nSPS) is 14.6. The molecule has 1 heterocycles. The van der Waals surface area contributed by atoms with E-state index in [2.05, 4.69) is 34.9 Å². The first-order valence-electron chi connectivity index (χ1n) is 8.89. The zero-order chi connectivity index (χ0) is 17.2. The first-order valence-corrected chi connectivity index (χ1v) is 8.89. The van der Waals surface area contributed by atoms with Gasteiger partial charge in [-0.2, -0.15) is 0 Å². The largest absolute Gasteiger partial charge is 0.491 e. The van der Waals surface area contributed by atoms with Crippen LogP contribution in [-0.4, -0.2) is 24.9 Å². The third-order valence-corrected chi connectivity index (χ3v) is 5.02. The van der Waals surface area contributed by atoms with E-state index in [9.17, 15) is 0 Å². The predicted octanol–water partition coefficient (Wildman–Crippen LogP) is 4.64. The van der Waals surface area contributed by atoms with E-state index in [4.69, 9.17) is 15.2 Å². The smallest absolute Gasteiger partial charge is 0.121 e. The third-order valence-electron chi connectivity index (χ3n) is 5.02. The van der Waals surface area contributed by atoms with Crippen LogP contribution in [0.1, 0.15) is 25.3 Å². The molecule has 1 fully saturated rings. The van der Waals surface area contributed by atoms with Crippen molar-refractivity contribution in [1.82, 2.24) is 4.57 Å². The Morgan fingerprint density at radius 1 is 1.04 bits per heavy atom. The molecule has 0 aliphatic heterocycles. The summed E-state index contributed by atoms with van der Waals surface area (Å²) in [7, 11) is 1.69. The molecule has 0 saturated heterocycles. The molecule has 1 aliphatic carbocycles. The maximum Gasteiger partial charge on any atom is 0.121 e. The van der Waals surface area contributed by atoms with Crippen LogP contribution in [0.25, 0.3) is 22.2 Å². The maximum absolute atomic E-state index is 5.86. The van der Waals surface area contributed by atoms with Crippen LogP contribution >= 0.6 is 0 Å². The minimum absolute atomic E-state index is 0.566. The number of benzene rings is 2. The highest BCUT2D eigenvalue weighted by molar-refractivity contribution is 5.88. The summed E-state index contributed by atoms with van der Waals surface area (Å²) in [4.78, 5) is 0. The maximum atomic E-state index is 5.86. The minimum atomic E-state index is 0.566. The van der Waals surface area contributed by atoms with Gasteiger partial charge in [0.05, 0.1) is 12.1 Å². The van der Waals surface area contributed by atoms with Gasteiger partial charge in [0.2, 0.25) is 0 Å². The van der Waals surface area contributed by atoms with Gasteiger partial charge >= 0.3 is 0 Å². The van der Waals surface area contributed by atoms with E-state index in [1.807, 2.05) is 18.2 Å². The first kappa shape index (κ1) is 16.0. The van der Waals surface area contributed by atoms with E-state index in [0.29, 0.717) is 19.3 Å². The zero-order valence-electron chi connectivity index (χ0n) is 14.6. The standard InChI is InChI=1S/C21H24N2O2/c1-24-11-12-25-19-10-7-16-13-20(15-5-8-17(22)9-6-15)23(21(16)14-19)18-3-2-4-18/h5-10,13-14,18H,2-4,11-12,22H2,1H3. The Kier molecular flexibility index (Phi) is 4.36. The summed E-state index contributed by atoms with van der Waals surface area (Å²) in [6.45, 7) is 1.16. The van der Waals surface area contributed by atoms with Crippen LogP contribution in [0.2, 0.25) is 0 Å². The van der Waals surface area contributed by atoms with E-state index in [0.717, 1.165) is 11.4 Å². The molecular formula is C21H24N2O2. The van der Waals surface area contributed by atoms with Gasteiger partial charge in [-0.3, -0.25) is 0 Å². The average Bonchev–Trinajstić information content (AvgIpc) is 2.93. The fourth-order valence-corrected chi connectivity index (χ4v) is 3.45. The van der Waals surface area contributed by atoms with Crippen LogP contribution in [0.3, 0.4) is 0 Å². The number of hydrogen-bond acceptors (Lipinski definition) is 3. The van der Waals surface area contributed by atoms with Gasteiger partial charge in [-0.25, -0.2) is 0 Å². The predicted molar refractivity (Wildman–Crippen MR) is 102 cm³/mol. The second-order valence-electron chi connectivity index (χ2n) is 6.67. The molecule has 0 spiro atoms. The molecule has 25 heavy (non-hydrogen) atoms. The van der Waals surface area contributed by atoms with Crippen molar-refractivity contribution in [3.63, 3.8) is 0 Å². The van der Waals surface area contributed by atoms with E-state index in [1.165, 1.54) is 41.4 Å². The molecule has 0 bridgehead atoms. The molecule has 0 atom stereocenters. The van der Waals surface area contributed by atoms with Crippen LogP contribution in [0.4, 0.5) is 5.69 Å². The molecule has 3 aromatic rings. The Hall–Kier alpha value is -2.46. The summed E-state index contributed by atoms with van der Waals surface area (Å²) in [5.74, 6) is 0.895. The van der Waals surface area contributed by atoms with Gasteiger partial charge in [0.25, 0.3) is 0 Å². The monoisotopic (exact) mass is 336 g/mol. The molecule has 2 N–H and O–H groups in total. The van der Waals surface area contributed by atoms with Crippen molar-refractivity contribution in [1.29, 1.82) is 0 Å². The molecule has 0 unspecified atom stereocenters. The number of fused-ring (bicyclic) bond motifs is 1. The molecule has 1 aliphatic rings. The van der Waals surface area contributed by atoms with Crippen molar-refractivity contribution in [2.75, 3.05) is 26.1 Å². The Morgan fingerprint density at radius 3 is 2.52 bits per heavy atom. The quantitative estimate of drug-likeness (QED) is 0.527. The van der Waals surface area contributed by atoms with Gasteiger partial charge in [-0.1, -0.05) is 12.1 Å². The zero-order valence-corrected chi connectivity index (χ0v) is 14.6. The number of nitrogens with zero attached hydrogens (tertiary/aromatic N) is 1. The minimum Gasteiger partial charge on any atom is -0.491 e. The van der Waals surface area contributed by atoms with E-state index < -0.39 is 0 Å². The summed E-state index contributed by atoms with van der Waals surface area (Å²) in [6, 6.07) is 17.3. The number of rotatable bonds is 6. The third kappa shape index (κ3) is 3.10. The lowest BCUT2D eigenvalue weighted by Gasteiger charge is -2.30. The van der Waals surface area contributed by atoms with Crippen LogP contribution < -0.4 is 10.5 Å². The number of hydrogen-bond donors (Lipinski definition) is 1. The van der Waals surface area contributed by atoms with Crippen molar-refractivity contribution >= 4 is 16.6 Å². The van der Waals surface area contributed by atoms with Crippen LogP contribution in [-0.2, 0) is 4.74 Å². The summed E-state index contributed by atoms with van der Waals surface area (Å²) in [6.07, 6.45) is 3.77. The van der Waals surface area contributed by atoms with Gasteiger partial charge in [0.1, 0.15) is 12.4 Å². The molecule has 2 aromatic carbocycles. The Labute approximate surface area is 148 Å². The Bertz CT molecular complexity index is 863. The Morgan fingerprint density at radius 2 is 1.84 bits per heavy atom. The van der Waals surface area contributed by atoms with Crippen LogP contribution in [0, 0.1) is 0 Å². The van der Waals surface area contributed by atoms with Crippen LogP contribution in [0.15, 0.2) is 48.5 Å². The lowest BCUT2D eigenvalue weighted by molar-refractivity contribution is 0.146. The summed E-state index contributed by atoms with van der Waals surface area (Å²) in [5, 5.41) is 1.25. The number of nitrogens with two attached hydrogens (primary N) is 1. The van der Waals surface area contributed by atoms with Gasteiger partial charge in [-0.05, 0) is 55.2 Å².